The number of nitriles is 1. The molecule has 1 spiro atoms. The molecule has 0 amide bonds. The van der Waals surface area contributed by atoms with Crippen LogP contribution < -0.4 is 5.32 Å². The molecule has 1 N–H and O–H groups in total. The first-order chi connectivity index (χ1) is 10.8. The van der Waals surface area contributed by atoms with Crippen molar-refractivity contribution in [1.82, 2.24) is 4.90 Å². The first-order valence-corrected chi connectivity index (χ1v) is 8.20. The summed E-state index contributed by atoms with van der Waals surface area (Å²) in [6, 6.07) is 11.8. The van der Waals surface area contributed by atoms with Crippen molar-refractivity contribution in [2.45, 2.75) is 31.2 Å². The molecule has 4 aliphatic rings. The van der Waals surface area contributed by atoms with E-state index in [9.17, 15) is 5.26 Å². The number of fused-ring (bicyclic) bond motifs is 2. The Labute approximate surface area is 130 Å². The van der Waals surface area contributed by atoms with Crippen LogP contribution in [0.2, 0.25) is 0 Å². The lowest BCUT2D eigenvalue weighted by Gasteiger charge is -2.47. The summed E-state index contributed by atoms with van der Waals surface area (Å²) in [6.45, 7) is 4.28. The van der Waals surface area contributed by atoms with Crippen LogP contribution in [-0.2, 0) is 5.41 Å². The zero-order chi connectivity index (χ0) is 14.9. The average Bonchev–Trinajstić information content (AvgIpc) is 3.11. The number of benzene rings is 1. The highest BCUT2D eigenvalue weighted by Gasteiger charge is 2.61. The molecule has 3 atom stereocenters. The quantitative estimate of drug-likeness (QED) is 0.746. The van der Waals surface area contributed by atoms with Gasteiger partial charge in [-0.25, -0.2) is 0 Å². The number of hydrogen-bond donors (Lipinski definition) is 1. The van der Waals surface area contributed by atoms with Gasteiger partial charge in [0, 0.05) is 36.4 Å². The van der Waals surface area contributed by atoms with Crippen molar-refractivity contribution in [3.05, 3.63) is 52.7 Å². The molecule has 2 fully saturated rings. The van der Waals surface area contributed by atoms with E-state index in [4.69, 9.17) is 0 Å². The number of rotatable bonds is 0. The first kappa shape index (κ1) is 12.5. The fourth-order valence-electron chi connectivity index (χ4n) is 5.39. The van der Waals surface area contributed by atoms with E-state index in [1.54, 1.807) is 0 Å². The van der Waals surface area contributed by atoms with Crippen LogP contribution >= 0.6 is 0 Å². The average molecular weight is 289 g/mol. The van der Waals surface area contributed by atoms with Crippen LogP contribution in [0.4, 0.5) is 5.69 Å². The minimum Gasteiger partial charge on any atom is -0.357 e. The van der Waals surface area contributed by atoms with Crippen LogP contribution in [0, 0.1) is 17.2 Å². The third-order valence-corrected chi connectivity index (χ3v) is 6.32. The molecule has 2 bridgehead atoms. The normalized spacial score (nSPS) is 36.8. The molecule has 2 saturated heterocycles. The molecule has 3 unspecified atom stereocenters. The summed E-state index contributed by atoms with van der Waals surface area (Å²) in [5, 5.41) is 13.5. The van der Waals surface area contributed by atoms with Gasteiger partial charge in [-0.3, -0.25) is 4.90 Å². The highest BCUT2D eigenvalue weighted by Crippen LogP contribution is 2.60. The minimum atomic E-state index is 0.0391. The van der Waals surface area contributed by atoms with Crippen LogP contribution in [0.1, 0.15) is 25.3 Å². The summed E-state index contributed by atoms with van der Waals surface area (Å²) in [6.07, 6.45) is 4.46. The maximum absolute atomic E-state index is 9.88. The Morgan fingerprint density at radius 2 is 2.27 bits per heavy atom. The number of piperidine rings is 1. The van der Waals surface area contributed by atoms with Crippen molar-refractivity contribution in [1.29, 1.82) is 5.26 Å². The Hall–Kier alpha value is -2.05. The van der Waals surface area contributed by atoms with Gasteiger partial charge in [0.1, 0.15) is 0 Å². The molecule has 1 aromatic rings. The van der Waals surface area contributed by atoms with Crippen LogP contribution in [0.25, 0.3) is 0 Å². The Morgan fingerprint density at radius 3 is 3.09 bits per heavy atom. The van der Waals surface area contributed by atoms with E-state index in [1.165, 1.54) is 22.5 Å². The summed E-state index contributed by atoms with van der Waals surface area (Å²) in [4.78, 5) is 2.64. The van der Waals surface area contributed by atoms with Crippen LogP contribution in [-0.4, -0.2) is 24.0 Å². The van der Waals surface area contributed by atoms with E-state index >= 15 is 0 Å². The third kappa shape index (κ3) is 1.22. The summed E-state index contributed by atoms with van der Waals surface area (Å²) in [5.41, 5.74) is 6.28. The van der Waals surface area contributed by atoms with Crippen molar-refractivity contribution in [3.8, 4) is 6.07 Å². The molecular formula is C19H19N3. The monoisotopic (exact) mass is 289 g/mol. The largest absolute Gasteiger partial charge is 0.357 e. The number of nitrogens with one attached hydrogen (secondary N) is 1. The summed E-state index contributed by atoms with van der Waals surface area (Å²) < 4.78 is 0. The molecule has 3 heterocycles. The zero-order valence-electron chi connectivity index (χ0n) is 12.8. The second-order valence-corrected chi connectivity index (χ2v) is 6.93. The van der Waals surface area contributed by atoms with E-state index < -0.39 is 0 Å². The smallest absolute Gasteiger partial charge is 0.0972 e. The number of nitrogens with zero attached hydrogens (tertiary/aromatic N) is 2. The highest BCUT2D eigenvalue weighted by atomic mass is 15.2. The summed E-state index contributed by atoms with van der Waals surface area (Å²) >= 11 is 0. The van der Waals surface area contributed by atoms with Gasteiger partial charge in [-0.1, -0.05) is 29.8 Å². The van der Waals surface area contributed by atoms with E-state index in [0.29, 0.717) is 12.0 Å². The maximum Gasteiger partial charge on any atom is 0.0972 e. The SMILES string of the molecule is CC=C1CN2CCC34C(=C(C#N)C1CC23)Nc1ccccc14. The van der Waals surface area contributed by atoms with Crippen molar-refractivity contribution in [3.63, 3.8) is 0 Å². The zero-order valence-corrected chi connectivity index (χ0v) is 12.8. The predicted molar refractivity (Wildman–Crippen MR) is 86.2 cm³/mol. The Morgan fingerprint density at radius 1 is 1.41 bits per heavy atom. The van der Waals surface area contributed by atoms with E-state index in [-0.39, 0.29) is 5.41 Å². The molecule has 0 saturated carbocycles. The molecule has 22 heavy (non-hydrogen) atoms. The molecule has 1 aliphatic carbocycles. The van der Waals surface area contributed by atoms with Gasteiger partial charge in [0.2, 0.25) is 0 Å². The van der Waals surface area contributed by atoms with Crippen molar-refractivity contribution in [2.24, 2.45) is 5.92 Å². The van der Waals surface area contributed by atoms with Gasteiger partial charge < -0.3 is 5.32 Å². The fourth-order valence-corrected chi connectivity index (χ4v) is 5.39. The van der Waals surface area contributed by atoms with Gasteiger partial charge in [-0.2, -0.15) is 5.26 Å². The molecule has 0 radical (unpaired) electrons. The standard InChI is InChI=1S/C19H19N3/c1-2-12-11-22-8-7-19-15-5-3-4-6-16(15)21-18(19)14(10-20)13(12)9-17(19)22/h2-6,13,17,21H,7-9,11H2,1H3. The number of allylic oxidation sites excluding steroid dienone is 2. The molecule has 3 heteroatoms. The van der Waals surface area contributed by atoms with E-state index in [2.05, 4.69) is 53.6 Å². The Kier molecular flexibility index (Phi) is 2.28. The van der Waals surface area contributed by atoms with Gasteiger partial charge in [-0.05, 0) is 31.4 Å². The molecule has 1 aromatic carbocycles. The Balaban J connectivity index is 1.83. The number of anilines is 1. The Bertz CT molecular complexity index is 782. The summed E-state index contributed by atoms with van der Waals surface area (Å²) in [7, 11) is 0. The lowest BCUT2D eigenvalue weighted by Crippen LogP contribution is -2.52. The van der Waals surface area contributed by atoms with E-state index in [1.807, 2.05) is 0 Å². The number of para-hydroxylation sites is 1. The molecule has 0 aromatic heterocycles. The molecule has 3 aliphatic heterocycles. The van der Waals surface area contributed by atoms with Gasteiger partial charge in [0.25, 0.3) is 0 Å². The molecular weight excluding hydrogens is 270 g/mol. The number of hydrogen-bond acceptors (Lipinski definition) is 3. The lowest BCUT2D eigenvalue weighted by atomic mass is 9.62. The topological polar surface area (TPSA) is 39.1 Å². The third-order valence-electron chi connectivity index (χ3n) is 6.32. The minimum absolute atomic E-state index is 0.0391. The van der Waals surface area contributed by atoms with Crippen LogP contribution in [0.3, 0.4) is 0 Å². The van der Waals surface area contributed by atoms with Crippen LogP contribution in [0.5, 0.6) is 0 Å². The maximum atomic E-state index is 9.88. The van der Waals surface area contributed by atoms with Crippen molar-refractivity contribution < 1.29 is 0 Å². The molecule has 5 rings (SSSR count). The van der Waals surface area contributed by atoms with Crippen molar-refractivity contribution in [2.75, 3.05) is 18.4 Å². The van der Waals surface area contributed by atoms with E-state index in [0.717, 1.165) is 31.5 Å². The second-order valence-electron chi connectivity index (χ2n) is 6.93. The van der Waals surface area contributed by atoms with Gasteiger partial charge in [0.05, 0.1) is 17.1 Å². The predicted octanol–water partition coefficient (Wildman–Crippen LogP) is 3.18. The second kappa shape index (κ2) is 4.02. The highest BCUT2D eigenvalue weighted by molar-refractivity contribution is 5.73. The van der Waals surface area contributed by atoms with Crippen LogP contribution in [0.15, 0.2) is 47.2 Å². The molecule has 3 nitrogen and oxygen atoms in total. The molecule has 110 valence electrons. The van der Waals surface area contributed by atoms with Crippen molar-refractivity contribution >= 4 is 5.69 Å². The fraction of sp³-hybridized carbons (Fsp3) is 0.421. The van der Waals surface area contributed by atoms with Gasteiger partial charge in [0.15, 0.2) is 0 Å². The summed E-state index contributed by atoms with van der Waals surface area (Å²) in [5.74, 6) is 0.319. The van der Waals surface area contributed by atoms with Gasteiger partial charge >= 0.3 is 0 Å². The van der Waals surface area contributed by atoms with Gasteiger partial charge in [-0.15, -0.1) is 0 Å². The lowest BCUT2D eigenvalue weighted by molar-refractivity contribution is 0.167. The first-order valence-electron chi connectivity index (χ1n) is 8.20.